The Balaban J connectivity index is 2.69. The van der Waals surface area contributed by atoms with Crippen molar-refractivity contribution in [2.75, 3.05) is 0 Å². The van der Waals surface area contributed by atoms with Crippen molar-refractivity contribution in [2.24, 2.45) is 11.8 Å². The van der Waals surface area contributed by atoms with Gasteiger partial charge in [-0.1, -0.05) is 113 Å². The molecule has 1 rings (SSSR count). The minimum atomic E-state index is 0.601. The van der Waals surface area contributed by atoms with Crippen LogP contribution in [0.4, 0.5) is 0 Å². The first-order valence-electron chi connectivity index (χ1n) is 13.3. The minimum absolute atomic E-state index is 0.601. The largest absolute Gasteiger partial charge is 0.123 e. The van der Waals surface area contributed by atoms with Crippen LogP contribution in [0.2, 0.25) is 0 Å². The molecular formula is C32H50S. The van der Waals surface area contributed by atoms with E-state index in [0.29, 0.717) is 11.2 Å². The first-order chi connectivity index (χ1) is 15.9. The quantitative estimate of drug-likeness (QED) is 0.118. The Kier molecular flexibility index (Phi) is 16.1. The molecule has 0 nitrogen and oxygen atoms in total. The summed E-state index contributed by atoms with van der Waals surface area (Å²) in [5.74, 6) is 1.49. The molecule has 1 aromatic rings. The van der Waals surface area contributed by atoms with Gasteiger partial charge in [-0.05, 0) is 69.4 Å². The maximum atomic E-state index is 4.31. The number of hydrogen-bond donors (Lipinski definition) is 0. The van der Waals surface area contributed by atoms with Crippen molar-refractivity contribution < 1.29 is 0 Å². The van der Waals surface area contributed by atoms with Gasteiger partial charge in [0.2, 0.25) is 0 Å². The minimum Gasteiger partial charge on any atom is -0.123 e. The Morgan fingerprint density at radius 2 is 1.73 bits per heavy atom. The number of hydrogen-bond acceptors (Lipinski definition) is 1. The van der Waals surface area contributed by atoms with Crippen molar-refractivity contribution in [3.05, 3.63) is 83.3 Å². The van der Waals surface area contributed by atoms with Gasteiger partial charge in [0.05, 0.1) is 0 Å². The standard InChI is InChI=1S/C32H50S/c1-8-12-13-16-31(27(6)25-30-20-17-26(5)18-21-30)24-23-29(11-4)22-19-28(7)33-32(14-9-2)15-10-3/h9,11,17-22,27,31-32H,2,7-8,10,12-16,23-25H2,1,3-6H3/b22-19-,29-11+/t27-,31+,32-/m1/s1. The number of thioether (sulfide) groups is 1. The molecule has 0 aliphatic carbocycles. The lowest BCUT2D eigenvalue weighted by atomic mass is 9.81. The van der Waals surface area contributed by atoms with Crippen LogP contribution in [0.1, 0.15) is 96.6 Å². The fraction of sp³-hybridized carbons (Fsp3) is 0.562. The van der Waals surface area contributed by atoms with Crippen molar-refractivity contribution in [1.82, 2.24) is 0 Å². The van der Waals surface area contributed by atoms with Crippen molar-refractivity contribution in [2.45, 2.75) is 104 Å². The maximum absolute atomic E-state index is 4.31. The lowest BCUT2D eigenvalue weighted by molar-refractivity contribution is 0.304. The molecule has 0 bridgehead atoms. The van der Waals surface area contributed by atoms with Crippen LogP contribution < -0.4 is 0 Å². The predicted molar refractivity (Wildman–Crippen MR) is 154 cm³/mol. The smallest absolute Gasteiger partial charge is 0.0128 e. The van der Waals surface area contributed by atoms with Gasteiger partial charge in [-0.3, -0.25) is 0 Å². The van der Waals surface area contributed by atoms with E-state index in [4.69, 9.17) is 0 Å². The highest BCUT2D eigenvalue weighted by Crippen LogP contribution is 2.30. The molecular weight excluding hydrogens is 416 g/mol. The molecule has 0 heterocycles. The normalized spacial score (nSPS) is 14.9. The van der Waals surface area contributed by atoms with Crippen LogP contribution in [0, 0.1) is 18.8 Å². The fourth-order valence-electron chi connectivity index (χ4n) is 4.49. The first-order valence-corrected chi connectivity index (χ1v) is 14.2. The lowest BCUT2D eigenvalue weighted by Gasteiger charge is -2.25. The second kappa shape index (κ2) is 17.9. The molecule has 0 N–H and O–H groups in total. The van der Waals surface area contributed by atoms with Crippen molar-refractivity contribution in [3.63, 3.8) is 0 Å². The summed E-state index contributed by atoms with van der Waals surface area (Å²) in [5.41, 5.74) is 4.27. The SMILES string of the molecule is C=CC[C@H](CCC)SC(=C)/C=C\C(=C/C)CC[C@H](CCCCC)[C@H](C)Cc1ccc(C)cc1. The molecule has 184 valence electrons. The van der Waals surface area contributed by atoms with E-state index in [-0.39, 0.29) is 0 Å². The van der Waals surface area contributed by atoms with E-state index >= 15 is 0 Å². The maximum Gasteiger partial charge on any atom is 0.0128 e. The topological polar surface area (TPSA) is 0 Å². The van der Waals surface area contributed by atoms with Gasteiger partial charge in [0.25, 0.3) is 0 Å². The Morgan fingerprint density at radius 3 is 2.33 bits per heavy atom. The number of benzene rings is 1. The molecule has 1 heteroatoms. The molecule has 3 atom stereocenters. The summed E-state index contributed by atoms with van der Waals surface area (Å²) in [6, 6.07) is 9.14. The van der Waals surface area contributed by atoms with E-state index in [9.17, 15) is 0 Å². The van der Waals surface area contributed by atoms with Gasteiger partial charge in [0, 0.05) is 10.2 Å². The number of aryl methyl sites for hydroxylation is 1. The molecule has 0 amide bonds. The zero-order chi connectivity index (χ0) is 24.5. The Hall–Kier alpha value is -1.47. The third-order valence-corrected chi connectivity index (χ3v) is 7.88. The van der Waals surface area contributed by atoms with E-state index in [1.54, 1.807) is 0 Å². The van der Waals surface area contributed by atoms with Gasteiger partial charge in [0.1, 0.15) is 0 Å². The second-order valence-corrected chi connectivity index (χ2v) is 11.1. The average Bonchev–Trinajstić information content (AvgIpc) is 2.79. The molecule has 0 spiro atoms. The predicted octanol–water partition coefficient (Wildman–Crippen LogP) is 10.6. The van der Waals surface area contributed by atoms with Gasteiger partial charge in [-0.25, -0.2) is 0 Å². The summed E-state index contributed by atoms with van der Waals surface area (Å²) in [7, 11) is 0. The summed E-state index contributed by atoms with van der Waals surface area (Å²) in [5, 5.41) is 0.601. The molecule has 0 aromatic heterocycles. The van der Waals surface area contributed by atoms with Crippen LogP contribution in [-0.4, -0.2) is 5.25 Å². The highest BCUT2D eigenvalue weighted by molar-refractivity contribution is 8.03. The van der Waals surface area contributed by atoms with Crippen LogP contribution >= 0.6 is 11.8 Å². The number of unbranched alkanes of at least 4 members (excludes halogenated alkanes) is 2. The van der Waals surface area contributed by atoms with Crippen molar-refractivity contribution >= 4 is 11.8 Å². The van der Waals surface area contributed by atoms with Gasteiger partial charge in [-0.15, -0.1) is 18.3 Å². The van der Waals surface area contributed by atoms with E-state index in [2.05, 4.69) is 90.3 Å². The molecule has 0 fully saturated rings. The first kappa shape index (κ1) is 29.6. The molecule has 0 saturated carbocycles. The number of rotatable bonds is 18. The van der Waals surface area contributed by atoms with Crippen molar-refractivity contribution in [1.29, 1.82) is 0 Å². The summed E-state index contributed by atoms with van der Waals surface area (Å²) in [4.78, 5) is 1.17. The van der Waals surface area contributed by atoms with E-state index in [1.165, 1.54) is 73.0 Å². The molecule has 33 heavy (non-hydrogen) atoms. The van der Waals surface area contributed by atoms with Crippen LogP contribution in [0.15, 0.2) is 72.2 Å². The molecule has 0 aliphatic heterocycles. The highest BCUT2D eigenvalue weighted by Gasteiger charge is 2.18. The Bertz CT molecular complexity index is 721. The summed E-state index contributed by atoms with van der Waals surface area (Å²) >= 11 is 1.91. The lowest BCUT2D eigenvalue weighted by Crippen LogP contribution is -2.15. The van der Waals surface area contributed by atoms with E-state index in [0.717, 1.165) is 18.8 Å². The number of allylic oxidation sites excluding steroid dienone is 5. The van der Waals surface area contributed by atoms with Gasteiger partial charge >= 0.3 is 0 Å². The van der Waals surface area contributed by atoms with Crippen LogP contribution in [-0.2, 0) is 6.42 Å². The van der Waals surface area contributed by atoms with Gasteiger partial charge < -0.3 is 0 Å². The summed E-state index contributed by atoms with van der Waals surface area (Å²) < 4.78 is 0. The molecule has 0 unspecified atom stereocenters. The Morgan fingerprint density at radius 1 is 1.00 bits per heavy atom. The van der Waals surface area contributed by atoms with Crippen LogP contribution in [0.5, 0.6) is 0 Å². The van der Waals surface area contributed by atoms with Gasteiger partial charge in [0.15, 0.2) is 0 Å². The summed E-state index contributed by atoms with van der Waals surface area (Å²) in [6.45, 7) is 19.6. The van der Waals surface area contributed by atoms with Crippen LogP contribution in [0.25, 0.3) is 0 Å². The van der Waals surface area contributed by atoms with Crippen molar-refractivity contribution in [3.8, 4) is 0 Å². The molecule has 0 aliphatic rings. The molecule has 0 radical (unpaired) electrons. The highest BCUT2D eigenvalue weighted by atomic mass is 32.2. The zero-order valence-corrected chi connectivity index (χ0v) is 23.1. The average molecular weight is 467 g/mol. The molecule has 1 aromatic carbocycles. The second-order valence-electron chi connectivity index (χ2n) is 9.68. The van der Waals surface area contributed by atoms with Crippen LogP contribution in [0.3, 0.4) is 0 Å². The van der Waals surface area contributed by atoms with E-state index in [1.807, 2.05) is 17.8 Å². The van der Waals surface area contributed by atoms with E-state index < -0.39 is 0 Å². The molecule has 0 saturated heterocycles. The third kappa shape index (κ3) is 13.1. The monoisotopic (exact) mass is 466 g/mol. The zero-order valence-electron chi connectivity index (χ0n) is 22.2. The van der Waals surface area contributed by atoms with Gasteiger partial charge in [-0.2, -0.15) is 0 Å². The summed E-state index contributed by atoms with van der Waals surface area (Å²) in [6.07, 6.45) is 21.3. The fourth-order valence-corrected chi connectivity index (χ4v) is 5.66. The third-order valence-electron chi connectivity index (χ3n) is 6.68. The Labute approximate surface area is 210 Å².